The zero-order valence-electron chi connectivity index (χ0n) is 5.10. The number of hydrogen-bond donors (Lipinski definition) is 1. The summed E-state index contributed by atoms with van der Waals surface area (Å²) in [6.45, 7) is 0. The average Bonchev–Trinajstić information content (AvgIpc) is 2.34. The molecule has 0 unspecified atom stereocenters. The summed E-state index contributed by atoms with van der Waals surface area (Å²) < 4.78 is 1.70. The first-order valence-corrected chi connectivity index (χ1v) is 2.83. The van der Waals surface area contributed by atoms with Crippen LogP contribution in [0.5, 0.6) is 5.88 Å². The van der Waals surface area contributed by atoms with Crippen molar-refractivity contribution in [1.82, 2.24) is 14.4 Å². The van der Waals surface area contributed by atoms with Crippen LogP contribution >= 0.6 is 0 Å². The number of imidazole rings is 1. The van der Waals surface area contributed by atoms with Crippen molar-refractivity contribution < 1.29 is 5.11 Å². The lowest BCUT2D eigenvalue weighted by molar-refractivity contribution is 0.462. The van der Waals surface area contributed by atoms with Gasteiger partial charge in [-0.25, -0.2) is 4.98 Å². The second kappa shape index (κ2) is 1.70. The van der Waals surface area contributed by atoms with Crippen molar-refractivity contribution in [3.05, 3.63) is 24.9 Å². The van der Waals surface area contributed by atoms with Gasteiger partial charge in [-0.1, -0.05) is 0 Å². The Kier molecular flexibility index (Phi) is 0.887. The Labute approximate surface area is 56.8 Å². The van der Waals surface area contributed by atoms with Crippen LogP contribution in [0.4, 0.5) is 0 Å². The molecule has 2 rings (SSSR count). The first-order valence-electron chi connectivity index (χ1n) is 2.83. The Morgan fingerprint density at radius 1 is 1.50 bits per heavy atom. The second-order valence-corrected chi connectivity index (χ2v) is 1.94. The van der Waals surface area contributed by atoms with Gasteiger partial charge < -0.3 is 5.11 Å². The molecule has 1 N–H and O–H groups in total. The molecule has 4 heteroatoms. The summed E-state index contributed by atoms with van der Waals surface area (Å²) in [6.07, 6.45) is 6.45. The second-order valence-electron chi connectivity index (χ2n) is 1.94. The van der Waals surface area contributed by atoms with E-state index in [9.17, 15) is 0 Å². The molecule has 0 fully saturated rings. The zero-order chi connectivity index (χ0) is 6.97. The molecule has 0 spiro atoms. The van der Waals surface area contributed by atoms with Gasteiger partial charge in [-0.3, -0.25) is 9.38 Å². The molecule has 10 heavy (non-hydrogen) atoms. The van der Waals surface area contributed by atoms with E-state index in [1.165, 1.54) is 6.33 Å². The highest BCUT2D eigenvalue weighted by Crippen LogP contribution is 2.12. The van der Waals surface area contributed by atoms with Crippen LogP contribution in [-0.2, 0) is 0 Å². The maximum atomic E-state index is 9.04. The Bertz CT molecular complexity index is 355. The molecular formula is C6H5N3O. The van der Waals surface area contributed by atoms with Crippen molar-refractivity contribution in [2.45, 2.75) is 0 Å². The molecular weight excluding hydrogens is 130 g/mol. The molecule has 0 radical (unpaired) electrons. The van der Waals surface area contributed by atoms with Crippen LogP contribution in [0.2, 0.25) is 0 Å². The predicted octanol–water partition coefficient (Wildman–Crippen LogP) is 0.435. The minimum Gasteiger partial charge on any atom is -0.492 e. The lowest BCUT2D eigenvalue weighted by atomic mass is 10.6. The quantitative estimate of drug-likeness (QED) is 0.570. The van der Waals surface area contributed by atoms with Crippen LogP contribution in [0.3, 0.4) is 0 Å². The third-order valence-corrected chi connectivity index (χ3v) is 1.32. The fourth-order valence-corrected chi connectivity index (χ4v) is 0.828. The molecule has 0 atom stereocenters. The molecule has 0 saturated carbocycles. The van der Waals surface area contributed by atoms with Gasteiger partial charge in [-0.05, 0) is 0 Å². The summed E-state index contributed by atoms with van der Waals surface area (Å²) in [5.41, 5.74) is 0.627. The molecule has 50 valence electrons. The van der Waals surface area contributed by atoms with Gasteiger partial charge in [0.25, 0.3) is 0 Å². The van der Waals surface area contributed by atoms with Gasteiger partial charge in [0.1, 0.15) is 11.8 Å². The van der Waals surface area contributed by atoms with E-state index in [-0.39, 0.29) is 5.88 Å². The van der Waals surface area contributed by atoms with Crippen LogP contribution in [0.1, 0.15) is 0 Å². The van der Waals surface area contributed by atoms with Crippen molar-refractivity contribution in [2.24, 2.45) is 0 Å². The van der Waals surface area contributed by atoms with E-state index >= 15 is 0 Å². The fraction of sp³-hybridized carbons (Fsp3) is 0. The van der Waals surface area contributed by atoms with E-state index in [1.807, 2.05) is 0 Å². The van der Waals surface area contributed by atoms with Gasteiger partial charge in [-0.2, -0.15) is 0 Å². The lowest BCUT2D eigenvalue weighted by Gasteiger charge is -1.87. The first-order chi connectivity index (χ1) is 4.88. The molecule has 0 amide bonds. The molecule has 0 aliphatic rings. The number of rotatable bonds is 0. The van der Waals surface area contributed by atoms with Gasteiger partial charge in [-0.15, -0.1) is 0 Å². The largest absolute Gasteiger partial charge is 0.492 e. The van der Waals surface area contributed by atoms with Crippen LogP contribution in [0.15, 0.2) is 24.9 Å². The summed E-state index contributed by atoms with van der Waals surface area (Å²) in [6, 6.07) is 0. The van der Waals surface area contributed by atoms with Gasteiger partial charge in [0.15, 0.2) is 0 Å². The molecule has 0 bridgehead atoms. The van der Waals surface area contributed by atoms with E-state index in [0.29, 0.717) is 5.52 Å². The average molecular weight is 135 g/mol. The van der Waals surface area contributed by atoms with Crippen LogP contribution in [-0.4, -0.2) is 19.5 Å². The Morgan fingerprint density at radius 2 is 2.40 bits per heavy atom. The third-order valence-electron chi connectivity index (χ3n) is 1.32. The molecule has 2 aromatic rings. The summed E-state index contributed by atoms with van der Waals surface area (Å²) in [4.78, 5) is 7.50. The Balaban J connectivity index is 2.93. The summed E-state index contributed by atoms with van der Waals surface area (Å²) in [7, 11) is 0. The molecule has 2 heterocycles. The van der Waals surface area contributed by atoms with Crippen molar-refractivity contribution in [3.63, 3.8) is 0 Å². The van der Waals surface area contributed by atoms with Crippen molar-refractivity contribution in [2.75, 3.05) is 0 Å². The SMILES string of the molecule is Oc1ncn2ccncc12. The first kappa shape index (κ1) is 5.22. The minimum absolute atomic E-state index is 0.0214. The minimum atomic E-state index is 0.0214. The molecule has 4 nitrogen and oxygen atoms in total. The van der Waals surface area contributed by atoms with E-state index in [2.05, 4.69) is 9.97 Å². The highest BCUT2D eigenvalue weighted by Gasteiger charge is 1.98. The molecule has 2 aromatic heterocycles. The number of fused-ring (bicyclic) bond motifs is 1. The van der Waals surface area contributed by atoms with Gasteiger partial charge in [0.2, 0.25) is 5.88 Å². The van der Waals surface area contributed by atoms with E-state index in [1.54, 1.807) is 23.0 Å². The highest BCUT2D eigenvalue weighted by molar-refractivity contribution is 5.53. The van der Waals surface area contributed by atoms with Crippen LogP contribution in [0.25, 0.3) is 5.52 Å². The summed E-state index contributed by atoms with van der Waals surface area (Å²) in [5, 5.41) is 9.04. The molecule has 0 aromatic carbocycles. The maximum Gasteiger partial charge on any atom is 0.238 e. The highest BCUT2D eigenvalue weighted by atomic mass is 16.3. The van der Waals surface area contributed by atoms with Gasteiger partial charge >= 0.3 is 0 Å². The van der Waals surface area contributed by atoms with Crippen LogP contribution in [0, 0.1) is 0 Å². The molecule has 0 aliphatic heterocycles. The molecule has 0 aliphatic carbocycles. The summed E-state index contributed by atoms with van der Waals surface area (Å²) in [5.74, 6) is 0.0214. The topological polar surface area (TPSA) is 50.4 Å². The molecule has 0 saturated heterocycles. The Hall–Kier alpha value is -1.58. The Morgan fingerprint density at radius 3 is 3.20 bits per heavy atom. The smallest absolute Gasteiger partial charge is 0.238 e. The standard InChI is InChI=1S/C6H5N3O/c10-6-5-3-7-1-2-9(5)4-8-6/h1-4,10H. The number of nitrogens with zero attached hydrogens (tertiary/aromatic N) is 3. The lowest BCUT2D eigenvalue weighted by Crippen LogP contribution is -1.80. The summed E-state index contributed by atoms with van der Waals surface area (Å²) >= 11 is 0. The van der Waals surface area contributed by atoms with Crippen LogP contribution < -0.4 is 0 Å². The number of aromatic nitrogens is 3. The third kappa shape index (κ3) is 0.556. The van der Waals surface area contributed by atoms with E-state index in [0.717, 1.165) is 0 Å². The fourth-order valence-electron chi connectivity index (χ4n) is 0.828. The van der Waals surface area contributed by atoms with Gasteiger partial charge in [0, 0.05) is 12.4 Å². The predicted molar refractivity (Wildman–Crippen MR) is 34.7 cm³/mol. The number of hydrogen-bond acceptors (Lipinski definition) is 3. The number of aromatic hydroxyl groups is 1. The van der Waals surface area contributed by atoms with E-state index in [4.69, 9.17) is 5.11 Å². The van der Waals surface area contributed by atoms with Gasteiger partial charge in [0.05, 0.1) is 6.20 Å². The van der Waals surface area contributed by atoms with Crippen molar-refractivity contribution >= 4 is 5.52 Å². The maximum absolute atomic E-state index is 9.04. The monoisotopic (exact) mass is 135 g/mol. The van der Waals surface area contributed by atoms with Crippen molar-refractivity contribution in [3.8, 4) is 5.88 Å². The van der Waals surface area contributed by atoms with E-state index < -0.39 is 0 Å². The zero-order valence-corrected chi connectivity index (χ0v) is 5.10. The normalized spacial score (nSPS) is 10.4. The van der Waals surface area contributed by atoms with Crippen molar-refractivity contribution in [1.29, 1.82) is 0 Å².